The van der Waals surface area contributed by atoms with Crippen LogP contribution in [0.5, 0.6) is 0 Å². The van der Waals surface area contributed by atoms with E-state index in [1.54, 1.807) is 30.7 Å². The van der Waals surface area contributed by atoms with Crippen molar-refractivity contribution in [1.82, 2.24) is 4.98 Å². The normalized spacial score (nSPS) is 13.8. The summed E-state index contributed by atoms with van der Waals surface area (Å²) < 4.78 is 11.3. The summed E-state index contributed by atoms with van der Waals surface area (Å²) in [5, 5.41) is 15.1. The zero-order valence-corrected chi connectivity index (χ0v) is 12.7. The Kier molecular flexibility index (Phi) is 4.85. The lowest BCUT2D eigenvalue weighted by Gasteiger charge is -2.12. The number of pyridine rings is 1. The lowest BCUT2D eigenvalue weighted by molar-refractivity contribution is -0.383. The van der Waals surface area contributed by atoms with Crippen LogP contribution in [0.15, 0.2) is 30.5 Å². The number of non-ortho nitro benzene ring substituents is 1. The fraction of sp³-hybridized carbons (Fsp3) is 0.357. The molecule has 1 aromatic carbocycles. The number of nitro benzene ring substituents is 1. The van der Waals surface area contributed by atoms with Crippen molar-refractivity contribution in [1.29, 1.82) is 0 Å². The smallest absolute Gasteiger partial charge is 0.295 e. The molecule has 2 rings (SSSR count). The first-order chi connectivity index (χ1) is 10.0. The molecule has 2 unspecified atom stereocenters. The van der Waals surface area contributed by atoms with Crippen LogP contribution in [0, 0.1) is 10.1 Å². The third-order valence-electron chi connectivity index (χ3n) is 3.38. The molecule has 0 saturated heterocycles. The average Bonchev–Trinajstić information content (AvgIpc) is 2.46. The van der Waals surface area contributed by atoms with Gasteiger partial charge in [0, 0.05) is 52.2 Å². The topological polar surface area (TPSA) is 85.1 Å². The van der Waals surface area contributed by atoms with Gasteiger partial charge in [-0.2, -0.15) is 0 Å². The summed E-state index contributed by atoms with van der Waals surface area (Å²) in [6, 6.07) is 6.69. The highest BCUT2D eigenvalue weighted by molar-refractivity contribution is 7.84. The Labute approximate surface area is 125 Å². The minimum Gasteiger partial charge on any atom is -0.384 e. The molecule has 1 heterocycles. The van der Waals surface area contributed by atoms with Gasteiger partial charge in [0.15, 0.2) is 0 Å². The van der Waals surface area contributed by atoms with E-state index in [1.165, 1.54) is 6.07 Å². The Hall–Kier alpha value is -2.02. The van der Waals surface area contributed by atoms with E-state index in [2.05, 4.69) is 10.3 Å². The average molecular weight is 307 g/mol. The molecular formula is C14H17N3O3S. The zero-order valence-electron chi connectivity index (χ0n) is 11.9. The summed E-state index contributed by atoms with van der Waals surface area (Å²) >= 11 is 0. The van der Waals surface area contributed by atoms with Gasteiger partial charge >= 0.3 is 0 Å². The monoisotopic (exact) mass is 307 g/mol. The van der Waals surface area contributed by atoms with Crippen molar-refractivity contribution in [3.05, 3.63) is 40.6 Å². The predicted molar refractivity (Wildman–Crippen MR) is 85.0 cm³/mol. The Morgan fingerprint density at radius 3 is 2.86 bits per heavy atom. The van der Waals surface area contributed by atoms with E-state index in [4.69, 9.17) is 0 Å². The number of hydrogen-bond acceptors (Lipinski definition) is 5. The Morgan fingerprint density at radius 2 is 2.19 bits per heavy atom. The number of benzene rings is 1. The fourth-order valence-electron chi connectivity index (χ4n) is 2.04. The predicted octanol–water partition coefficient (Wildman–Crippen LogP) is 2.71. The van der Waals surface area contributed by atoms with E-state index in [-0.39, 0.29) is 10.9 Å². The summed E-state index contributed by atoms with van der Waals surface area (Å²) in [7, 11) is -0.847. The van der Waals surface area contributed by atoms with Crippen LogP contribution in [-0.2, 0) is 10.8 Å². The second-order valence-electron chi connectivity index (χ2n) is 4.81. The van der Waals surface area contributed by atoms with E-state index in [0.29, 0.717) is 12.1 Å². The third-order valence-corrected chi connectivity index (χ3v) is 4.75. The highest BCUT2D eigenvalue weighted by Gasteiger charge is 2.14. The Bertz CT molecular complexity index is 690. The molecule has 0 radical (unpaired) electrons. The van der Waals surface area contributed by atoms with Gasteiger partial charge < -0.3 is 5.32 Å². The first-order valence-corrected chi connectivity index (χ1v) is 8.21. The van der Waals surface area contributed by atoms with Crippen LogP contribution < -0.4 is 5.32 Å². The lowest BCUT2D eigenvalue weighted by Crippen LogP contribution is -2.15. The summed E-state index contributed by atoms with van der Waals surface area (Å²) in [4.78, 5) is 14.7. The molecule has 2 atom stereocenters. The van der Waals surface area contributed by atoms with Gasteiger partial charge in [-0.25, -0.2) is 4.98 Å². The number of nitro groups is 1. The van der Waals surface area contributed by atoms with E-state index in [1.807, 2.05) is 6.92 Å². The molecule has 0 aliphatic heterocycles. The molecule has 1 aromatic heterocycles. The van der Waals surface area contributed by atoms with E-state index >= 15 is 0 Å². The lowest BCUT2D eigenvalue weighted by atomic mass is 10.1. The van der Waals surface area contributed by atoms with Gasteiger partial charge in [-0.1, -0.05) is 19.1 Å². The first-order valence-electron chi connectivity index (χ1n) is 6.59. The highest BCUT2D eigenvalue weighted by Crippen LogP contribution is 2.28. The number of fused-ring (bicyclic) bond motifs is 1. The molecular weight excluding hydrogens is 290 g/mol. The zero-order chi connectivity index (χ0) is 15.4. The number of hydrogen-bond donors (Lipinski definition) is 1. The largest absolute Gasteiger partial charge is 0.384 e. The van der Waals surface area contributed by atoms with Crippen LogP contribution in [0.4, 0.5) is 11.4 Å². The first kappa shape index (κ1) is 15.4. The van der Waals surface area contributed by atoms with Crippen molar-refractivity contribution in [3.8, 4) is 0 Å². The van der Waals surface area contributed by atoms with Crippen LogP contribution in [-0.4, -0.2) is 32.2 Å². The molecule has 0 amide bonds. The molecule has 0 aliphatic rings. The molecule has 112 valence electrons. The van der Waals surface area contributed by atoms with Gasteiger partial charge in [0.25, 0.3) is 5.69 Å². The minimum absolute atomic E-state index is 0.000759. The number of para-hydroxylation sites is 1. The number of aromatic nitrogens is 1. The highest BCUT2D eigenvalue weighted by atomic mass is 32.2. The summed E-state index contributed by atoms with van der Waals surface area (Å²) in [6.07, 6.45) is 4.01. The molecule has 0 aliphatic carbocycles. The van der Waals surface area contributed by atoms with Crippen molar-refractivity contribution in [2.24, 2.45) is 0 Å². The van der Waals surface area contributed by atoms with Crippen LogP contribution in [0.3, 0.4) is 0 Å². The number of nitrogens with one attached hydrogen (secondary N) is 1. The van der Waals surface area contributed by atoms with Gasteiger partial charge in [-0.15, -0.1) is 0 Å². The van der Waals surface area contributed by atoms with Crippen LogP contribution in [0.1, 0.15) is 13.3 Å². The molecule has 0 spiro atoms. The SMILES string of the molecule is CC(CCNc1ccnc2c([N+](=O)[O-])cccc12)S(C)=O. The molecule has 1 N–H and O–H groups in total. The quantitative estimate of drug-likeness (QED) is 0.655. The second-order valence-corrected chi connectivity index (χ2v) is 6.62. The van der Waals surface area contributed by atoms with Gasteiger partial charge in [0.05, 0.1) is 4.92 Å². The maximum absolute atomic E-state index is 11.3. The molecule has 7 heteroatoms. The number of rotatable bonds is 6. The number of nitrogens with zero attached hydrogens (tertiary/aromatic N) is 2. The van der Waals surface area contributed by atoms with Crippen molar-refractivity contribution in [2.45, 2.75) is 18.6 Å². The molecule has 21 heavy (non-hydrogen) atoms. The van der Waals surface area contributed by atoms with Crippen LogP contribution in [0.25, 0.3) is 10.9 Å². The van der Waals surface area contributed by atoms with Crippen LogP contribution >= 0.6 is 0 Å². The Morgan fingerprint density at radius 1 is 1.43 bits per heavy atom. The standard InChI is InChI=1S/C14H17N3O3S/c1-10(21(2)20)6-8-15-12-7-9-16-14-11(12)4-3-5-13(14)17(18)19/h3-5,7,9-10H,6,8H2,1-2H3,(H,15,16). The Balaban J connectivity index is 2.23. The maximum Gasteiger partial charge on any atom is 0.295 e. The van der Waals surface area contributed by atoms with E-state index < -0.39 is 15.7 Å². The fourth-order valence-corrected chi connectivity index (χ4v) is 2.49. The van der Waals surface area contributed by atoms with Crippen molar-refractivity contribution < 1.29 is 9.13 Å². The molecule has 0 bridgehead atoms. The van der Waals surface area contributed by atoms with Gasteiger partial charge in [-0.05, 0) is 12.5 Å². The summed E-state index contributed by atoms with van der Waals surface area (Å²) in [5.41, 5.74) is 1.18. The van der Waals surface area contributed by atoms with E-state index in [0.717, 1.165) is 17.5 Å². The number of anilines is 1. The maximum atomic E-state index is 11.3. The van der Waals surface area contributed by atoms with E-state index in [9.17, 15) is 14.3 Å². The van der Waals surface area contributed by atoms with Crippen molar-refractivity contribution in [2.75, 3.05) is 18.1 Å². The van der Waals surface area contributed by atoms with Gasteiger partial charge in [0.1, 0.15) is 5.52 Å². The summed E-state index contributed by atoms with van der Waals surface area (Å²) in [6.45, 7) is 2.59. The van der Waals surface area contributed by atoms with Gasteiger partial charge in [0.2, 0.25) is 0 Å². The molecule has 0 saturated carbocycles. The van der Waals surface area contributed by atoms with Crippen molar-refractivity contribution in [3.63, 3.8) is 0 Å². The summed E-state index contributed by atoms with van der Waals surface area (Å²) in [5.74, 6) is 0. The molecule has 2 aromatic rings. The molecule has 6 nitrogen and oxygen atoms in total. The second kappa shape index (κ2) is 6.62. The van der Waals surface area contributed by atoms with Gasteiger partial charge in [-0.3, -0.25) is 14.3 Å². The van der Waals surface area contributed by atoms with Crippen LogP contribution in [0.2, 0.25) is 0 Å². The van der Waals surface area contributed by atoms with Crippen molar-refractivity contribution >= 4 is 33.1 Å². The molecule has 0 fully saturated rings. The third kappa shape index (κ3) is 3.55. The minimum atomic E-state index is -0.847.